The van der Waals surface area contributed by atoms with Gasteiger partial charge in [-0.2, -0.15) is 0 Å². The summed E-state index contributed by atoms with van der Waals surface area (Å²) in [4.78, 5) is 66.0. The number of benzene rings is 1. The Hall–Kier alpha value is -3.50. The molecule has 0 aliphatic rings. The molecule has 0 heterocycles. The standard InChI is InChI=1S/C28H43FN4O6/c1-10-17(2)24(19(4)34)31-23(35)16-32(8)26(37)22(15-20-11-13-21(29)14-12-20)33(9)25(36)18(3)30-27(38)39-28(5,6)7/h11-14,17-18,22,24H,10,15-16H2,1-9H3,(H,30,38)(H,31,35)/t17?,18-,22+,24-/m0/s1. The van der Waals surface area contributed by atoms with Crippen molar-refractivity contribution in [3.63, 3.8) is 0 Å². The van der Waals surface area contributed by atoms with E-state index in [1.807, 2.05) is 13.8 Å². The second kappa shape index (κ2) is 14.6. The number of halogens is 1. The summed E-state index contributed by atoms with van der Waals surface area (Å²) in [6.07, 6.45) is -0.0649. The van der Waals surface area contributed by atoms with Gasteiger partial charge in [-0.25, -0.2) is 9.18 Å². The van der Waals surface area contributed by atoms with E-state index in [1.165, 1.54) is 62.0 Å². The van der Waals surface area contributed by atoms with Gasteiger partial charge in [-0.05, 0) is 58.2 Å². The molecule has 0 aliphatic heterocycles. The third-order valence-corrected chi connectivity index (χ3v) is 6.27. The number of likely N-dealkylation sites (N-methyl/N-ethyl adjacent to an activating group) is 2. The fourth-order valence-electron chi connectivity index (χ4n) is 3.89. The summed E-state index contributed by atoms with van der Waals surface area (Å²) >= 11 is 0. The van der Waals surface area contributed by atoms with Crippen molar-refractivity contribution in [2.75, 3.05) is 20.6 Å². The maximum atomic E-state index is 13.5. The largest absolute Gasteiger partial charge is 0.444 e. The Morgan fingerprint density at radius 1 is 0.974 bits per heavy atom. The molecule has 1 rings (SSSR count). The van der Waals surface area contributed by atoms with Gasteiger partial charge in [0.25, 0.3) is 0 Å². The van der Waals surface area contributed by atoms with Crippen LogP contribution in [0.5, 0.6) is 0 Å². The number of ketones is 1. The van der Waals surface area contributed by atoms with E-state index < -0.39 is 53.4 Å². The first-order chi connectivity index (χ1) is 18.0. The minimum absolute atomic E-state index is 0.0371. The van der Waals surface area contributed by atoms with Gasteiger partial charge in [0.05, 0.1) is 12.6 Å². The van der Waals surface area contributed by atoms with Crippen molar-refractivity contribution in [1.29, 1.82) is 0 Å². The number of hydrogen-bond donors (Lipinski definition) is 2. The Balaban J connectivity index is 3.11. The van der Waals surface area contributed by atoms with E-state index in [1.54, 1.807) is 20.8 Å². The number of carbonyl (C=O) groups is 5. The minimum atomic E-state index is -1.07. The van der Waals surface area contributed by atoms with Crippen molar-refractivity contribution in [3.05, 3.63) is 35.6 Å². The number of carbonyl (C=O) groups excluding carboxylic acids is 5. The second-order valence-electron chi connectivity index (χ2n) is 10.9. The number of alkyl carbamates (subject to hydrolysis) is 1. The average Bonchev–Trinajstić information content (AvgIpc) is 2.83. The Morgan fingerprint density at radius 2 is 1.54 bits per heavy atom. The molecule has 2 N–H and O–H groups in total. The Labute approximate surface area is 230 Å². The van der Waals surface area contributed by atoms with Crippen molar-refractivity contribution in [3.8, 4) is 0 Å². The molecule has 0 aliphatic carbocycles. The van der Waals surface area contributed by atoms with Crippen LogP contribution >= 0.6 is 0 Å². The zero-order valence-electron chi connectivity index (χ0n) is 24.5. The highest BCUT2D eigenvalue weighted by Crippen LogP contribution is 2.14. The molecule has 4 amide bonds. The van der Waals surface area contributed by atoms with Gasteiger partial charge in [0.1, 0.15) is 23.5 Å². The molecule has 0 saturated carbocycles. The topological polar surface area (TPSA) is 125 Å². The zero-order chi connectivity index (χ0) is 30.1. The zero-order valence-corrected chi connectivity index (χ0v) is 24.5. The molecule has 11 heteroatoms. The first-order valence-corrected chi connectivity index (χ1v) is 13.0. The van der Waals surface area contributed by atoms with Gasteiger partial charge in [0.2, 0.25) is 17.7 Å². The van der Waals surface area contributed by atoms with Crippen LogP contribution in [0.3, 0.4) is 0 Å². The van der Waals surface area contributed by atoms with Crippen LogP contribution in [-0.4, -0.2) is 83.8 Å². The monoisotopic (exact) mass is 550 g/mol. The number of nitrogens with zero attached hydrogens (tertiary/aromatic N) is 2. The maximum Gasteiger partial charge on any atom is 0.408 e. The molecule has 0 spiro atoms. The fourth-order valence-corrected chi connectivity index (χ4v) is 3.89. The number of hydrogen-bond acceptors (Lipinski definition) is 6. The third kappa shape index (κ3) is 11.0. The maximum absolute atomic E-state index is 13.5. The molecule has 0 bridgehead atoms. The molecule has 10 nitrogen and oxygen atoms in total. The molecule has 1 aromatic carbocycles. The molecule has 0 fully saturated rings. The normalized spacial score (nSPS) is 14.3. The Kier molecular flexibility index (Phi) is 12.5. The number of rotatable bonds is 12. The predicted molar refractivity (Wildman–Crippen MR) is 145 cm³/mol. The number of nitrogens with one attached hydrogen (secondary N) is 2. The first kappa shape index (κ1) is 33.5. The molecule has 218 valence electrons. The molecule has 0 aromatic heterocycles. The first-order valence-electron chi connectivity index (χ1n) is 13.0. The van der Waals surface area contributed by atoms with Crippen molar-refractivity contribution in [1.82, 2.24) is 20.4 Å². The van der Waals surface area contributed by atoms with Crippen LogP contribution in [0.2, 0.25) is 0 Å². The van der Waals surface area contributed by atoms with Gasteiger partial charge in [-0.15, -0.1) is 0 Å². The van der Waals surface area contributed by atoms with Crippen LogP contribution < -0.4 is 10.6 Å². The molecule has 1 unspecified atom stereocenters. The van der Waals surface area contributed by atoms with Crippen LogP contribution in [0.4, 0.5) is 9.18 Å². The summed E-state index contributed by atoms with van der Waals surface area (Å²) in [5, 5.41) is 5.16. The summed E-state index contributed by atoms with van der Waals surface area (Å²) in [5.74, 6) is -2.33. The van der Waals surface area contributed by atoms with Gasteiger partial charge >= 0.3 is 6.09 Å². The SMILES string of the molecule is CCC(C)[C@H](NC(=O)CN(C)C(=O)[C@@H](Cc1ccc(F)cc1)N(C)C(=O)[C@H](C)NC(=O)OC(C)(C)C)C(C)=O. The van der Waals surface area contributed by atoms with E-state index in [9.17, 15) is 28.4 Å². The number of ether oxygens (including phenoxy) is 1. The van der Waals surface area contributed by atoms with Gasteiger partial charge < -0.3 is 25.2 Å². The van der Waals surface area contributed by atoms with Crippen molar-refractivity contribution < 1.29 is 33.1 Å². The highest BCUT2D eigenvalue weighted by molar-refractivity contribution is 5.94. The van der Waals surface area contributed by atoms with Gasteiger partial charge in [-0.3, -0.25) is 19.2 Å². The van der Waals surface area contributed by atoms with E-state index in [4.69, 9.17) is 4.74 Å². The third-order valence-electron chi connectivity index (χ3n) is 6.27. The predicted octanol–water partition coefficient (Wildman–Crippen LogP) is 2.69. The van der Waals surface area contributed by atoms with E-state index in [2.05, 4.69) is 10.6 Å². The lowest BCUT2D eigenvalue weighted by Gasteiger charge is -2.33. The lowest BCUT2D eigenvalue weighted by Crippen LogP contribution is -2.56. The quantitative estimate of drug-likeness (QED) is 0.412. The smallest absolute Gasteiger partial charge is 0.408 e. The lowest BCUT2D eigenvalue weighted by molar-refractivity contribution is -0.146. The van der Waals surface area contributed by atoms with E-state index >= 15 is 0 Å². The van der Waals surface area contributed by atoms with Crippen molar-refractivity contribution in [2.24, 2.45) is 5.92 Å². The van der Waals surface area contributed by atoms with Gasteiger partial charge in [0.15, 0.2) is 5.78 Å². The summed E-state index contributed by atoms with van der Waals surface area (Å²) < 4.78 is 18.7. The fraction of sp³-hybridized carbons (Fsp3) is 0.607. The van der Waals surface area contributed by atoms with Gasteiger partial charge in [0, 0.05) is 20.5 Å². The number of Topliss-reactive ketones (excluding diaryl/α,β-unsaturated/α-hetero) is 1. The van der Waals surface area contributed by atoms with Crippen LogP contribution in [-0.2, 0) is 30.3 Å². The van der Waals surface area contributed by atoms with E-state index in [-0.39, 0.29) is 24.7 Å². The molecular formula is C28H43FN4O6. The summed E-state index contributed by atoms with van der Waals surface area (Å²) in [6.45, 7) is 11.4. The number of amides is 4. The second-order valence-corrected chi connectivity index (χ2v) is 10.9. The molecular weight excluding hydrogens is 507 g/mol. The minimum Gasteiger partial charge on any atom is -0.444 e. The molecule has 0 radical (unpaired) electrons. The van der Waals surface area contributed by atoms with Crippen LogP contribution in [0, 0.1) is 11.7 Å². The van der Waals surface area contributed by atoms with E-state index in [0.29, 0.717) is 12.0 Å². The van der Waals surface area contributed by atoms with E-state index in [0.717, 1.165) is 0 Å². The van der Waals surface area contributed by atoms with Crippen molar-refractivity contribution >= 4 is 29.6 Å². The molecule has 1 aromatic rings. The Bertz CT molecular complexity index is 1020. The summed E-state index contributed by atoms with van der Waals surface area (Å²) in [7, 11) is 2.84. The highest BCUT2D eigenvalue weighted by Gasteiger charge is 2.34. The average molecular weight is 551 g/mol. The summed E-state index contributed by atoms with van der Waals surface area (Å²) in [5.41, 5.74) is -0.173. The Morgan fingerprint density at radius 3 is 2.03 bits per heavy atom. The van der Waals surface area contributed by atoms with Crippen LogP contribution in [0.1, 0.15) is 60.5 Å². The highest BCUT2D eigenvalue weighted by atomic mass is 19.1. The van der Waals surface area contributed by atoms with Gasteiger partial charge in [-0.1, -0.05) is 32.4 Å². The lowest BCUT2D eigenvalue weighted by atomic mass is 9.96. The van der Waals surface area contributed by atoms with Crippen molar-refractivity contribution in [2.45, 2.75) is 85.0 Å². The summed E-state index contributed by atoms with van der Waals surface area (Å²) in [6, 6.07) is 2.75. The molecule has 39 heavy (non-hydrogen) atoms. The van der Waals surface area contributed by atoms with Crippen LogP contribution in [0.25, 0.3) is 0 Å². The molecule has 0 saturated heterocycles. The van der Waals surface area contributed by atoms with Crippen LogP contribution in [0.15, 0.2) is 24.3 Å². The molecule has 4 atom stereocenters.